The molecular formula is C19H32O. The summed E-state index contributed by atoms with van der Waals surface area (Å²) in [6.45, 7) is 5.19. The van der Waals surface area contributed by atoms with Crippen LogP contribution in [0, 0.1) is 34.5 Å². The van der Waals surface area contributed by atoms with E-state index in [-0.39, 0.29) is 6.10 Å². The lowest BCUT2D eigenvalue weighted by molar-refractivity contribution is -0.120. The van der Waals surface area contributed by atoms with Crippen molar-refractivity contribution in [1.82, 2.24) is 0 Å². The maximum atomic E-state index is 10.0. The highest BCUT2D eigenvalue weighted by Crippen LogP contribution is 2.66. The maximum absolute atomic E-state index is 10.0. The number of aliphatic hydroxyl groups excluding tert-OH is 1. The van der Waals surface area contributed by atoms with Gasteiger partial charge in [0.15, 0.2) is 0 Å². The second kappa shape index (κ2) is 4.48. The lowest BCUT2D eigenvalue weighted by Crippen LogP contribution is -2.53. The molecule has 4 aliphatic rings. The van der Waals surface area contributed by atoms with E-state index in [0.29, 0.717) is 10.8 Å². The molecule has 0 heterocycles. The molecule has 0 aromatic rings. The Balaban J connectivity index is 1.62. The van der Waals surface area contributed by atoms with Crippen molar-refractivity contribution in [2.45, 2.75) is 84.2 Å². The van der Waals surface area contributed by atoms with Crippen LogP contribution in [0.5, 0.6) is 0 Å². The topological polar surface area (TPSA) is 20.2 Å². The molecule has 7 atom stereocenters. The Morgan fingerprint density at radius 2 is 1.70 bits per heavy atom. The van der Waals surface area contributed by atoms with Crippen LogP contribution in [0.15, 0.2) is 0 Å². The lowest BCUT2D eigenvalue weighted by Gasteiger charge is -2.60. The SMILES string of the molecule is C[C@@]12CCCC1C1CCC3CC(O)CC[C@]3(C)[C@H]1CC2. The van der Waals surface area contributed by atoms with E-state index in [2.05, 4.69) is 13.8 Å². The van der Waals surface area contributed by atoms with Crippen LogP contribution in [0.3, 0.4) is 0 Å². The summed E-state index contributed by atoms with van der Waals surface area (Å²) in [5, 5.41) is 10.0. The molecule has 0 aromatic heterocycles. The third-order valence-electron chi connectivity index (χ3n) is 8.42. The van der Waals surface area contributed by atoms with Crippen LogP contribution in [0.25, 0.3) is 0 Å². The maximum Gasteiger partial charge on any atom is 0.0543 e. The molecule has 0 spiro atoms. The standard InChI is InChI=1S/C19H32O/c1-18-9-3-4-16(18)15-6-5-13-12-14(20)7-11-19(13,2)17(15)8-10-18/h13-17,20H,3-12H2,1-2H3/t13?,14?,15?,16?,17-,18-,19-/m0/s1. The second-order valence-electron chi connectivity index (χ2n) is 9.17. The van der Waals surface area contributed by atoms with Crippen LogP contribution < -0.4 is 0 Å². The van der Waals surface area contributed by atoms with Crippen molar-refractivity contribution in [3.05, 3.63) is 0 Å². The van der Waals surface area contributed by atoms with E-state index in [1.165, 1.54) is 51.4 Å². The van der Waals surface area contributed by atoms with E-state index in [1.807, 2.05) is 0 Å². The van der Waals surface area contributed by atoms with Crippen LogP contribution in [0.1, 0.15) is 78.1 Å². The van der Waals surface area contributed by atoms with Gasteiger partial charge in [0, 0.05) is 0 Å². The van der Waals surface area contributed by atoms with Crippen molar-refractivity contribution in [1.29, 1.82) is 0 Å². The normalized spacial score (nSPS) is 58.6. The summed E-state index contributed by atoms with van der Waals surface area (Å²) in [5.74, 6) is 3.85. The number of aliphatic hydroxyl groups is 1. The Morgan fingerprint density at radius 3 is 2.55 bits per heavy atom. The molecule has 0 aromatic carbocycles. The Bertz CT molecular complexity index is 391. The van der Waals surface area contributed by atoms with E-state index >= 15 is 0 Å². The fraction of sp³-hybridized carbons (Fsp3) is 1.00. The van der Waals surface area contributed by atoms with Gasteiger partial charge in [-0.2, -0.15) is 0 Å². The molecule has 0 bridgehead atoms. The van der Waals surface area contributed by atoms with Crippen LogP contribution in [0.4, 0.5) is 0 Å². The molecule has 4 unspecified atom stereocenters. The monoisotopic (exact) mass is 276 g/mol. The predicted molar refractivity (Wildman–Crippen MR) is 82.4 cm³/mol. The first-order valence-electron chi connectivity index (χ1n) is 9.21. The first-order chi connectivity index (χ1) is 9.53. The van der Waals surface area contributed by atoms with Gasteiger partial charge in [0.25, 0.3) is 0 Å². The van der Waals surface area contributed by atoms with Gasteiger partial charge in [-0.15, -0.1) is 0 Å². The van der Waals surface area contributed by atoms with Gasteiger partial charge in [-0.1, -0.05) is 20.3 Å². The van der Waals surface area contributed by atoms with Gasteiger partial charge in [-0.05, 0) is 92.3 Å². The second-order valence-corrected chi connectivity index (χ2v) is 9.17. The number of hydrogen-bond acceptors (Lipinski definition) is 1. The fourth-order valence-electron chi connectivity index (χ4n) is 7.23. The van der Waals surface area contributed by atoms with Gasteiger partial charge in [0.05, 0.1) is 6.10 Å². The zero-order valence-corrected chi connectivity index (χ0v) is 13.4. The minimum Gasteiger partial charge on any atom is -0.393 e. The highest BCUT2D eigenvalue weighted by molar-refractivity contribution is 5.07. The van der Waals surface area contributed by atoms with Crippen molar-refractivity contribution >= 4 is 0 Å². The van der Waals surface area contributed by atoms with E-state index in [1.54, 1.807) is 0 Å². The Kier molecular flexibility index (Phi) is 3.05. The quantitative estimate of drug-likeness (QED) is 0.675. The summed E-state index contributed by atoms with van der Waals surface area (Å²) in [6, 6.07) is 0. The zero-order chi connectivity index (χ0) is 14.0. The first-order valence-corrected chi connectivity index (χ1v) is 9.21. The lowest BCUT2D eigenvalue weighted by atomic mass is 9.45. The summed E-state index contributed by atoms with van der Waals surface area (Å²) in [7, 11) is 0. The third-order valence-corrected chi connectivity index (χ3v) is 8.42. The average Bonchev–Trinajstić information content (AvgIpc) is 2.81. The Morgan fingerprint density at radius 1 is 0.850 bits per heavy atom. The predicted octanol–water partition coefficient (Wildman–Crippen LogP) is 4.78. The summed E-state index contributed by atoms with van der Waals surface area (Å²) in [6.07, 6.45) is 13.8. The van der Waals surface area contributed by atoms with Gasteiger partial charge in [-0.3, -0.25) is 0 Å². The van der Waals surface area contributed by atoms with Crippen molar-refractivity contribution in [2.75, 3.05) is 0 Å². The molecule has 4 saturated carbocycles. The average molecular weight is 276 g/mol. The zero-order valence-electron chi connectivity index (χ0n) is 13.4. The van der Waals surface area contributed by atoms with Crippen molar-refractivity contribution in [2.24, 2.45) is 34.5 Å². The molecule has 114 valence electrons. The van der Waals surface area contributed by atoms with Gasteiger partial charge in [0.1, 0.15) is 0 Å². The highest BCUT2D eigenvalue weighted by Gasteiger charge is 2.57. The summed E-state index contributed by atoms with van der Waals surface area (Å²) in [4.78, 5) is 0. The van der Waals surface area contributed by atoms with Crippen molar-refractivity contribution in [3.63, 3.8) is 0 Å². The summed E-state index contributed by atoms with van der Waals surface area (Å²) < 4.78 is 0. The molecule has 0 saturated heterocycles. The van der Waals surface area contributed by atoms with Gasteiger partial charge in [-0.25, -0.2) is 0 Å². The molecule has 0 amide bonds. The van der Waals surface area contributed by atoms with Crippen LogP contribution in [-0.4, -0.2) is 11.2 Å². The molecule has 4 fully saturated rings. The molecule has 4 aliphatic carbocycles. The third kappa shape index (κ3) is 1.77. The largest absolute Gasteiger partial charge is 0.393 e. The number of rotatable bonds is 0. The molecule has 0 radical (unpaired) electrons. The van der Waals surface area contributed by atoms with Crippen molar-refractivity contribution < 1.29 is 5.11 Å². The highest BCUT2D eigenvalue weighted by atomic mass is 16.3. The van der Waals surface area contributed by atoms with E-state index < -0.39 is 0 Å². The molecule has 0 aliphatic heterocycles. The summed E-state index contributed by atoms with van der Waals surface area (Å²) in [5.41, 5.74) is 1.25. The minimum absolute atomic E-state index is 0.00459. The fourth-order valence-corrected chi connectivity index (χ4v) is 7.23. The van der Waals surface area contributed by atoms with Crippen LogP contribution in [-0.2, 0) is 0 Å². The van der Waals surface area contributed by atoms with Gasteiger partial charge < -0.3 is 5.11 Å². The van der Waals surface area contributed by atoms with E-state index in [4.69, 9.17) is 0 Å². The summed E-state index contributed by atoms with van der Waals surface area (Å²) >= 11 is 0. The number of hydrogen-bond donors (Lipinski definition) is 1. The van der Waals surface area contributed by atoms with Crippen LogP contribution >= 0.6 is 0 Å². The van der Waals surface area contributed by atoms with E-state index in [0.717, 1.165) is 36.5 Å². The Hall–Kier alpha value is -0.0400. The van der Waals surface area contributed by atoms with Crippen molar-refractivity contribution in [3.8, 4) is 0 Å². The Labute approximate surface area is 124 Å². The van der Waals surface area contributed by atoms with E-state index in [9.17, 15) is 5.11 Å². The molecular weight excluding hydrogens is 244 g/mol. The van der Waals surface area contributed by atoms with Gasteiger partial charge in [0.2, 0.25) is 0 Å². The minimum atomic E-state index is 0.00459. The first kappa shape index (κ1) is 13.6. The molecule has 1 nitrogen and oxygen atoms in total. The van der Waals surface area contributed by atoms with Crippen LogP contribution in [0.2, 0.25) is 0 Å². The number of fused-ring (bicyclic) bond motifs is 5. The molecule has 1 heteroatoms. The molecule has 1 N–H and O–H groups in total. The molecule has 4 rings (SSSR count). The smallest absolute Gasteiger partial charge is 0.0543 e. The molecule has 20 heavy (non-hydrogen) atoms. The van der Waals surface area contributed by atoms with Gasteiger partial charge >= 0.3 is 0 Å².